The van der Waals surface area contributed by atoms with Gasteiger partial charge in [-0.25, -0.2) is 18.7 Å². The Bertz CT molecular complexity index is 473. The van der Waals surface area contributed by atoms with Crippen molar-refractivity contribution in [2.75, 3.05) is 0 Å². The number of nitrogens with zero attached hydrogens (tertiary/aromatic N) is 2. The van der Waals surface area contributed by atoms with Gasteiger partial charge in [-0.1, -0.05) is 11.6 Å². The number of rotatable bonds is 1. The normalized spacial score (nSPS) is 11.1. The molecule has 2 aromatic heterocycles. The Hall–Kier alpha value is -1.29. The molecule has 0 saturated carbocycles. The van der Waals surface area contributed by atoms with E-state index in [9.17, 15) is 8.78 Å². The molecular weight excluding hydrogens is 210 g/mol. The molecule has 2 rings (SSSR count). The highest BCUT2D eigenvalue weighted by atomic mass is 35.5. The SMILES string of the molecule is FC(F)c1ccc2c(Cl)ccnc2n1. The molecule has 0 N–H and O–H groups in total. The summed E-state index contributed by atoms with van der Waals surface area (Å²) < 4.78 is 24.5. The van der Waals surface area contributed by atoms with E-state index in [2.05, 4.69) is 9.97 Å². The van der Waals surface area contributed by atoms with Crippen LogP contribution in [0.15, 0.2) is 24.4 Å². The fourth-order valence-electron chi connectivity index (χ4n) is 1.13. The minimum absolute atomic E-state index is 0.246. The van der Waals surface area contributed by atoms with Gasteiger partial charge in [0.25, 0.3) is 6.43 Å². The van der Waals surface area contributed by atoms with Crippen molar-refractivity contribution in [3.8, 4) is 0 Å². The Morgan fingerprint density at radius 2 is 2.00 bits per heavy atom. The third-order valence-corrected chi connectivity index (χ3v) is 2.12. The lowest BCUT2D eigenvalue weighted by molar-refractivity contribution is 0.146. The van der Waals surface area contributed by atoms with E-state index >= 15 is 0 Å². The van der Waals surface area contributed by atoms with Crippen LogP contribution in [0.4, 0.5) is 8.78 Å². The van der Waals surface area contributed by atoms with Gasteiger partial charge in [0, 0.05) is 11.6 Å². The highest BCUT2D eigenvalue weighted by Gasteiger charge is 2.10. The van der Waals surface area contributed by atoms with Gasteiger partial charge in [-0.3, -0.25) is 0 Å². The van der Waals surface area contributed by atoms with Crippen molar-refractivity contribution in [3.63, 3.8) is 0 Å². The lowest BCUT2D eigenvalue weighted by Gasteiger charge is -2.01. The van der Waals surface area contributed by atoms with E-state index in [4.69, 9.17) is 11.6 Å². The zero-order valence-corrected chi connectivity index (χ0v) is 7.67. The first-order chi connectivity index (χ1) is 6.68. The summed E-state index contributed by atoms with van der Waals surface area (Å²) in [6.07, 6.45) is -1.15. The third kappa shape index (κ3) is 1.53. The molecule has 0 bridgehead atoms. The Balaban J connectivity index is 2.67. The maximum absolute atomic E-state index is 12.3. The molecule has 0 spiro atoms. The summed E-state index contributed by atoms with van der Waals surface area (Å²) in [6, 6.07) is 4.34. The van der Waals surface area contributed by atoms with Crippen molar-refractivity contribution < 1.29 is 8.78 Å². The average Bonchev–Trinajstić information content (AvgIpc) is 2.17. The molecule has 2 nitrogen and oxygen atoms in total. The van der Waals surface area contributed by atoms with E-state index in [1.807, 2.05) is 0 Å². The fraction of sp³-hybridized carbons (Fsp3) is 0.111. The second-order valence-corrected chi connectivity index (χ2v) is 3.11. The van der Waals surface area contributed by atoms with Crippen molar-refractivity contribution >= 4 is 22.6 Å². The molecule has 14 heavy (non-hydrogen) atoms. The molecule has 2 aromatic rings. The number of aromatic nitrogens is 2. The van der Waals surface area contributed by atoms with Crippen molar-refractivity contribution in [2.45, 2.75) is 6.43 Å². The number of hydrogen-bond donors (Lipinski definition) is 0. The highest BCUT2D eigenvalue weighted by molar-refractivity contribution is 6.35. The molecule has 0 unspecified atom stereocenters. The molecule has 0 fully saturated rings. The van der Waals surface area contributed by atoms with Crippen LogP contribution in [0.5, 0.6) is 0 Å². The molecule has 0 aliphatic heterocycles. The van der Waals surface area contributed by atoms with E-state index < -0.39 is 6.43 Å². The molecule has 2 heterocycles. The van der Waals surface area contributed by atoms with Crippen molar-refractivity contribution in [3.05, 3.63) is 35.1 Å². The average molecular weight is 215 g/mol. The number of halogens is 3. The van der Waals surface area contributed by atoms with Gasteiger partial charge < -0.3 is 0 Å². The van der Waals surface area contributed by atoms with E-state index in [0.717, 1.165) is 0 Å². The predicted molar refractivity (Wildman–Crippen MR) is 49.5 cm³/mol. The summed E-state index contributed by atoms with van der Waals surface area (Å²) in [4.78, 5) is 7.55. The number of hydrogen-bond acceptors (Lipinski definition) is 2. The van der Waals surface area contributed by atoms with Gasteiger partial charge >= 0.3 is 0 Å². The molecule has 0 radical (unpaired) electrons. The van der Waals surface area contributed by atoms with E-state index in [-0.39, 0.29) is 11.3 Å². The predicted octanol–water partition coefficient (Wildman–Crippen LogP) is 3.22. The first-order valence-corrected chi connectivity index (χ1v) is 4.25. The summed E-state index contributed by atoms with van der Waals surface area (Å²) in [5.74, 6) is 0. The number of pyridine rings is 2. The van der Waals surface area contributed by atoms with Crippen LogP contribution in [0.1, 0.15) is 12.1 Å². The molecule has 0 aliphatic rings. The zero-order valence-electron chi connectivity index (χ0n) is 6.92. The molecule has 72 valence electrons. The molecule has 0 atom stereocenters. The zero-order chi connectivity index (χ0) is 10.1. The summed E-state index contributed by atoms with van der Waals surface area (Å²) in [6.45, 7) is 0. The summed E-state index contributed by atoms with van der Waals surface area (Å²) in [5, 5.41) is 1.04. The van der Waals surface area contributed by atoms with Crippen molar-refractivity contribution in [1.82, 2.24) is 9.97 Å². The smallest absolute Gasteiger partial charge is 0.237 e. The third-order valence-electron chi connectivity index (χ3n) is 1.80. The first kappa shape index (κ1) is 9.27. The van der Waals surface area contributed by atoms with Gasteiger partial charge in [0.2, 0.25) is 0 Å². The van der Waals surface area contributed by atoms with E-state index in [0.29, 0.717) is 10.4 Å². The second-order valence-electron chi connectivity index (χ2n) is 2.70. The molecule has 0 aromatic carbocycles. The number of alkyl halides is 2. The van der Waals surface area contributed by atoms with Gasteiger partial charge in [-0.05, 0) is 18.2 Å². The summed E-state index contributed by atoms with van der Waals surface area (Å²) >= 11 is 5.82. The van der Waals surface area contributed by atoms with Crippen LogP contribution < -0.4 is 0 Å². The van der Waals surface area contributed by atoms with Crippen LogP contribution in [0.3, 0.4) is 0 Å². The van der Waals surface area contributed by atoms with Crippen LogP contribution in [0, 0.1) is 0 Å². The molecule has 0 saturated heterocycles. The fourth-order valence-corrected chi connectivity index (χ4v) is 1.34. The lowest BCUT2D eigenvalue weighted by Crippen LogP contribution is -1.92. The number of fused-ring (bicyclic) bond motifs is 1. The largest absolute Gasteiger partial charge is 0.280 e. The first-order valence-electron chi connectivity index (χ1n) is 3.88. The van der Waals surface area contributed by atoms with Crippen LogP contribution in [-0.2, 0) is 0 Å². The lowest BCUT2D eigenvalue weighted by atomic mass is 10.2. The van der Waals surface area contributed by atoms with Crippen LogP contribution in [0.25, 0.3) is 11.0 Å². The molecule has 0 aliphatic carbocycles. The summed E-state index contributed by atoms with van der Waals surface area (Å²) in [5.41, 5.74) is -0.0393. The molecule has 0 amide bonds. The van der Waals surface area contributed by atoms with Gasteiger partial charge in [0.15, 0.2) is 5.65 Å². The van der Waals surface area contributed by atoms with Gasteiger partial charge in [-0.2, -0.15) is 0 Å². The standard InChI is InChI=1S/C9H5ClF2N2/c10-6-3-4-13-9-5(6)1-2-7(14-9)8(11)12/h1-4,8H. The van der Waals surface area contributed by atoms with E-state index in [1.54, 1.807) is 6.07 Å². The monoisotopic (exact) mass is 214 g/mol. The maximum atomic E-state index is 12.3. The van der Waals surface area contributed by atoms with Crippen molar-refractivity contribution in [1.29, 1.82) is 0 Å². The topological polar surface area (TPSA) is 25.8 Å². The van der Waals surface area contributed by atoms with Gasteiger partial charge in [0.05, 0.1) is 5.02 Å². The minimum atomic E-state index is -2.58. The van der Waals surface area contributed by atoms with Crippen LogP contribution >= 0.6 is 11.6 Å². The Kier molecular flexibility index (Phi) is 2.29. The molecule has 5 heteroatoms. The minimum Gasteiger partial charge on any atom is -0.237 e. The second kappa shape index (κ2) is 3.46. The Labute approximate surface area is 83.6 Å². The maximum Gasteiger partial charge on any atom is 0.280 e. The van der Waals surface area contributed by atoms with Crippen LogP contribution in [0.2, 0.25) is 5.02 Å². The van der Waals surface area contributed by atoms with Crippen LogP contribution in [-0.4, -0.2) is 9.97 Å². The quantitative estimate of drug-likeness (QED) is 0.729. The van der Waals surface area contributed by atoms with Gasteiger partial charge in [-0.15, -0.1) is 0 Å². The summed E-state index contributed by atoms with van der Waals surface area (Å²) in [7, 11) is 0. The highest BCUT2D eigenvalue weighted by Crippen LogP contribution is 2.23. The van der Waals surface area contributed by atoms with Gasteiger partial charge in [0.1, 0.15) is 5.69 Å². The Morgan fingerprint density at radius 1 is 1.21 bits per heavy atom. The van der Waals surface area contributed by atoms with E-state index in [1.165, 1.54) is 18.3 Å². The molecular formula is C9H5ClF2N2. The Morgan fingerprint density at radius 3 is 2.71 bits per heavy atom. The van der Waals surface area contributed by atoms with Crippen molar-refractivity contribution in [2.24, 2.45) is 0 Å².